The van der Waals surface area contributed by atoms with E-state index in [0.717, 1.165) is 0 Å². The van der Waals surface area contributed by atoms with E-state index in [9.17, 15) is 9.59 Å². The number of carbonyl (C=O) groups is 2. The lowest BCUT2D eigenvalue weighted by Crippen LogP contribution is -2.19. The largest absolute Gasteiger partial charge is 0.491 e. The van der Waals surface area contributed by atoms with E-state index in [-0.39, 0.29) is 32.8 Å². The number of esters is 1. The molecule has 0 aromatic heterocycles. The molecule has 1 aromatic rings. The third kappa shape index (κ3) is 5.92. The van der Waals surface area contributed by atoms with Crippen LogP contribution in [0.3, 0.4) is 0 Å². The number of ether oxygens (including phenoxy) is 2. The molecule has 22 heavy (non-hydrogen) atoms. The number of para-hydroxylation sites is 1. The van der Waals surface area contributed by atoms with Gasteiger partial charge in [-0.1, -0.05) is 12.1 Å². The Kier molecular flexibility index (Phi) is 7.63. The van der Waals surface area contributed by atoms with Gasteiger partial charge in [0.1, 0.15) is 18.9 Å². The van der Waals surface area contributed by atoms with Crippen LogP contribution in [0.2, 0.25) is 0 Å². The van der Waals surface area contributed by atoms with Gasteiger partial charge in [-0.15, -0.1) is 0 Å². The van der Waals surface area contributed by atoms with Gasteiger partial charge in [-0.2, -0.15) is 0 Å². The summed E-state index contributed by atoms with van der Waals surface area (Å²) in [6, 6.07) is 6.92. The summed E-state index contributed by atoms with van der Waals surface area (Å²) in [5.41, 5.74) is 6.01. The fourth-order valence-electron chi connectivity index (χ4n) is 1.74. The number of hydrogen-bond donors (Lipinski definition) is 2. The first kappa shape index (κ1) is 17.6. The van der Waals surface area contributed by atoms with Crippen LogP contribution in [0, 0.1) is 0 Å². The van der Waals surface area contributed by atoms with Gasteiger partial charge in [-0.25, -0.2) is 0 Å². The molecule has 0 saturated heterocycles. The summed E-state index contributed by atoms with van der Waals surface area (Å²) in [5.74, 6) is -0.595. The summed E-state index contributed by atoms with van der Waals surface area (Å²) in [5, 5.41) is 8.86. The molecule has 7 heteroatoms. The molecule has 0 spiro atoms. The van der Waals surface area contributed by atoms with Crippen molar-refractivity contribution in [3.63, 3.8) is 0 Å². The molecule has 0 heterocycles. The summed E-state index contributed by atoms with van der Waals surface area (Å²) in [4.78, 5) is 26.7. The highest BCUT2D eigenvalue weighted by Gasteiger charge is 2.15. The Morgan fingerprint density at radius 2 is 2.05 bits per heavy atom. The molecule has 0 unspecified atom stereocenters. The Morgan fingerprint density at radius 3 is 2.68 bits per heavy atom. The van der Waals surface area contributed by atoms with Crippen LogP contribution in [0.4, 0.5) is 0 Å². The Bertz CT molecular complexity index is 542. The third-order valence-electron chi connectivity index (χ3n) is 2.59. The summed E-state index contributed by atoms with van der Waals surface area (Å²) in [6.07, 6.45) is -0.0966. The average Bonchev–Trinajstić information content (AvgIpc) is 2.50. The van der Waals surface area contributed by atoms with Crippen LogP contribution in [0.1, 0.15) is 18.9 Å². The van der Waals surface area contributed by atoms with E-state index in [2.05, 4.69) is 4.99 Å². The number of hydrogen-bond acceptors (Lipinski definition) is 6. The molecular formula is C15H20N2O5. The van der Waals surface area contributed by atoms with E-state index in [1.807, 2.05) is 0 Å². The summed E-state index contributed by atoms with van der Waals surface area (Å²) in [6.45, 7) is 1.70. The van der Waals surface area contributed by atoms with Gasteiger partial charge in [0.15, 0.2) is 0 Å². The normalized spacial score (nSPS) is 11.1. The van der Waals surface area contributed by atoms with Gasteiger partial charge in [0.05, 0.1) is 25.3 Å². The van der Waals surface area contributed by atoms with Gasteiger partial charge in [0.25, 0.3) is 0 Å². The van der Waals surface area contributed by atoms with E-state index in [1.54, 1.807) is 31.2 Å². The van der Waals surface area contributed by atoms with Gasteiger partial charge in [-0.3, -0.25) is 14.6 Å². The second kappa shape index (κ2) is 9.51. The van der Waals surface area contributed by atoms with Crippen molar-refractivity contribution in [2.75, 3.05) is 26.4 Å². The van der Waals surface area contributed by atoms with Crippen molar-refractivity contribution in [1.82, 2.24) is 0 Å². The Labute approximate surface area is 128 Å². The third-order valence-corrected chi connectivity index (χ3v) is 2.59. The highest BCUT2D eigenvalue weighted by atomic mass is 16.5. The second-order valence-corrected chi connectivity index (χ2v) is 4.28. The molecule has 0 saturated carbocycles. The summed E-state index contributed by atoms with van der Waals surface area (Å²) >= 11 is 0. The fourth-order valence-corrected chi connectivity index (χ4v) is 1.74. The Hall–Kier alpha value is -2.41. The van der Waals surface area contributed by atoms with Crippen LogP contribution in [0.15, 0.2) is 29.3 Å². The van der Waals surface area contributed by atoms with Crippen molar-refractivity contribution in [2.24, 2.45) is 10.7 Å². The molecule has 0 bridgehead atoms. The molecule has 1 rings (SSSR count). The quantitative estimate of drug-likeness (QED) is 0.503. The molecule has 0 radical (unpaired) electrons. The van der Waals surface area contributed by atoms with Crippen LogP contribution in [0.25, 0.3) is 0 Å². The zero-order valence-electron chi connectivity index (χ0n) is 12.4. The number of primary amides is 1. The monoisotopic (exact) mass is 308 g/mol. The molecule has 0 fully saturated rings. The minimum Gasteiger partial charge on any atom is -0.491 e. The number of nitrogens with zero attached hydrogens (tertiary/aromatic N) is 1. The number of amides is 1. The molecule has 0 aliphatic heterocycles. The van der Waals surface area contributed by atoms with Crippen LogP contribution in [-0.2, 0) is 14.3 Å². The van der Waals surface area contributed by atoms with E-state index in [4.69, 9.17) is 20.3 Å². The Morgan fingerprint density at radius 1 is 1.32 bits per heavy atom. The second-order valence-electron chi connectivity index (χ2n) is 4.28. The molecule has 0 atom stereocenters. The lowest BCUT2D eigenvalue weighted by molar-refractivity contribution is -0.141. The predicted molar refractivity (Wildman–Crippen MR) is 80.9 cm³/mol. The zero-order valence-corrected chi connectivity index (χ0v) is 12.4. The number of aliphatic hydroxyl groups is 1. The predicted octanol–water partition coefficient (Wildman–Crippen LogP) is 0.285. The van der Waals surface area contributed by atoms with Gasteiger partial charge >= 0.3 is 5.97 Å². The number of aliphatic hydroxyl groups excluding tert-OH is 1. The van der Waals surface area contributed by atoms with Gasteiger partial charge < -0.3 is 20.3 Å². The van der Waals surface area contributed by atoms with Gasteiger partial charge in [0.2, 0.25) is 5.91 Å². The van der Waals surface area contributed by atoms with Crippen molar-refractivity contribution in [3.8, 4) is 5.75 Å². The maximum atomic E-state index is 11.7. The molecule has 0 aliphatic rings. The number of benzene rings is 1. The number of carbonyl (C=O) groups excluding carboxylic acids is 2. The van der Waals surface area contributed by atoms with E-state index in [1.165, 1.54) is 0 Å². The number of rotatable bonds is 9. The standard InChI is InChI=1S/C15H20N2O5/c1-2-21-15(20)9-12(17-10-14(16)19)11-5-3-4-6-13(11)22-8-7-18/h3-6,18H,2,7-10H2,1H3,(H2,16,19). The zero-order chi connectivity index (χ0) is 16.4. The molecule has 7 nitrogen and oxygen atoms in total. The van der Waals surface area contributed by atoms with Crippen LogP contribution in [0.5, 0.6) is 5.75 Å². The lowest BCUT2D eigenvalue weighted by atomic mass is 10.1. The van der Waals surface area contributed by atoms with Crippen LogP contribution < -0.4 is 10.5 Å². The summed E-state index contributed by atoms with van der Waals surface area (Å²) in [7, 11) is 0. The van der Waals surface area contributed by atoms with Crippen molar-refractivity contribution >= 4 is 17.6 Å². The minimum atomic E-state index is -0.602. The maximum Gasteiger partial charge on any atom is 0.311 e. The highest BCUT2D eigenvalue weighted by molar-refractivity contribution is 6.11. The van der Waals surface area contributed by atoms with Crippen molar-refractivity contribution in [1.29, 1.82) is 0 Å². The van der Waals surface area contributed by atoms with E-state index in [0.29, 0.717) is 17.0 Å². The molecule has 0 aliphatic carbocycles. The van der Waals surface area contributed by atoms with Gasteiger partial charge in [-0.05, 0) is 19.1 Å². The smallest absolute Gasteiger partial charge is 0.311 e. The number of nitrogens with two attached hydrogens (primary N) is 1. The maximum absolute atomic E-state index is 11.7. The van der Waals surface area contributed by atoms with Crippen LogP contribution in [-0.4, -0.2) is 49.1 Å². The van der Waals surface area contributed by atoms with E-state index >= 15 is 0 Å². The Balaban J connectivity index is 3.06. The van der Waals surface area contributed by atoms with E-state index < -0.39 is 11.9 Å². The summed E-state index contributed by atoms with van der Waals surface area (Å²) < 4.78 is 10.3. The molecule has 3 N–H and O–H groups in total. The SMILES string of the molecule is CCOC(=O)CC(=NCC(N)=O)c1ccccc1OCCO. The molecule has 120 valence electrons. The molecule has 1 amide bonds. The first-order chi connectivity index (χ1) is 10.6. The lowest BCUT2D eigenvalue weighted by Gasteiger charge is -2.12. The highest BCUT2D eigenvalue weighted by Crippen LogP contribution is 2.20. The van der Waals surface area contributed by atoms with Crippen molar-refractivity contribution in [3.05, 3.63) is 29.8 Å². The minimum absolute atomic E-state index is 0.0966. The fraction of sp³-hybridized carbons (Fsp3) is 0.400. The van der Waals surface area contributed by atoms with Crippen LogP contribution >= 0.6 is 0 Å². The van der Waals surface area contributed by atoms with Gasteiger partial charge in [0, 0.05) is 5.56 Å². The molecule has 1 aromatic carbocycles. The average molecular weight is 308 g/mol. The first-order valence-corrected chi connectivity index (χ1v) is 6.88. The van der Waals surface area contributed by atoms with Crippen molar-refractivity contribution < 1.29 is 24.2 Å². The molecular weight excluding hydrogens is 288 g/mol. The number of aliphatic imine (C=N–C) groups is 1. The topological polar surface area (TPSA) is 111 Å². The first-order valence-electron chi connectivity index (χ1n) is 6.88. The van der Waals surface area contributed by atoms with Crippen molar-refractivity contribution in [2.45, 2.75) is 13.3 Å².